The predicted molar refractivity (Wildman–Crippen MR) is 106 cm³/mol. The molecule has 0 bridgehead atoms. The molecule has 0 atom stereocenters. The van der Waals surface area contributed by atoms with E-state index in [-0.39, 0.29) is 17.3 Å². The number of benzene rings is 1. The molecule has 0 aliphatic carbocycles. The monoisotopic (exact) mass is 406 g/mol. The van der Waals surface area contributed by atoms with Crippen LogP contribution in [0.2, 0.25) is 0 Å². The van der Waals surface area contributed by atoms with Gasteiger partial charge in [-0.25, -0.2) is 8.42 Å². The lowest BCUT2D eigenvalue weighted by molar-refractivity contribution is -0.119. The molecule has 0 radical (unpaired) electrons. The SMILES string of the molecule is CCN(C(=O)Cn1nc(C)c(S(=O)(=O)N2CCOCC2)c1C)c1ccccc1. The molecule has 28 heavy (non-hydrogen) atoms. The van der Waals surface area contributed by atoms with Gasteiger partial charge in [-0.3, -0.25) is 9.48 Å². The van der Waals surface area contributed by atoms with E-state index in [9.17, 15) is 13.2 Å². The van der Waals surface area contributed by atoms with Crippen molar-refractivity contribution in [2.75, 3.05) is 37.7 Å². The summed E-state index contributed by atoms with van der Waals surface area (Å²) in [5.41, 5.74) is 1.68. The minimum Gasteiger partial charge on any atom is -0.379 e. The maximum absolute atomic E-state index is 13.1. The highest BCUT2D eigenvalue weighted by atomic mass is 32.2. The third kappa shape index (κ3) is 3.96. The van der Waals surface area contributed by atoms with Crippen LogP contribution in [0.25, 0.3) is 0 Å². The van der Waals surface area contributed by atoms with E-state index in [4.69, 9.17) is 4.74 Å². The lowest BCUT2D eigenvalue weighted by Gasteiger charge is -2.26. The molecular weight excluding hydrogens is 380 g/mol. The first-order valence-electron chi connectivity index (χ1n) is 9.33. The number of para-hydroxylation sites is 1. The topological polar surface area (TPSA) is 84.7 Å². The number of aromatic nitrogens is 2. The molecule has 1 aromatic carbocycles. The summed E-state index contributed by atoms with van der Waals surface area (Å²) in [6, 6.07) is 9.39. The summed E-state index contributed by atoms with van der Waals surface area (Å²) in [5.74, 6) is -0.144. The van der Waals surface area contributed by atoms with Gasteiger partial charge in [0.25, 0.3) is 0 Å². The number of morpholine rings is 1. The van der Waals surface area contributed by atoms with Gasteiger partial charge in [0.2, 0.25) is 15.9 Å². The van der Waals surface area contributed by atoms with E-state index in [0.29, 0.717) is 44.2 Å². The van der Waals surface area contributed by atoms with E-state index >= 15 is 0 Å². The number of amides is 1. The summed E-state index contributed by atoms with van der Waals surface area (Å²) in [6.07, 6.45) is 0. The Labute approximate surface area is 165 Å². The van der Waals surface area contributed by atoms with Gasteiger partial charge >= 0.3 is 0 Å². The summed E-state index contributed by atoms with van der Waals surface area (Å²) >= 11 is 0. The minimum absolute atomic E-state index is 0.0198. The van der Waals surface area contributed by atoms with Crippen LogP contribution in [0.5, 0.6) is 0 Å². The zero-order valence-corrected chi connectivity index (χ0v) is 17.3. The fourth-order valence-electron chi connectivity index (χ4n) is 3.45. The van der Waals surface area contributed by atoms with Gasteiger partial charge in [0, 0.05) is 25.3 Å². The normalized spacial score (nSPS) is 15.5. The summed E-state index contributed by atoms with van der Waals surface area (Å²) < 4.78 is 34.3. The third-order valence-corrected chi connectivity index (χ3v) is 7.00. The Morgan fingerprint density at radius 3 is 2.43 bits per heavy atom. The Bertz CT molecular complexity index is 934. The molecule has 1 amide bonds. The Morgan fingerprint density at radius 2 is 1.82 bits per heavy atom. The molecule has 8 nitrogen and oxygen atoms in total. The number of carbonyl (C=O) groups excluding carboxylic acids is 1. The molecule has 1 fully saturated rings. The highest BCUT2D eigenvalue weighted by Crippen LogP contribution is 2.24. The van der Waals surface area contributed by atoms with E-state index < -0.39 is 10.0 Å². The first-order chi connectivity index (χ1) is 13.4. The number of anilines is 1. The highest BCUT2D eigenvalue weighted by molar-refractivity contribution is 7.89. The van der Waals surface area contributed by atoms with Gasteiger partial charge in [0.15, 0.2) is 0 Å². The largest absolute Gasteiger partial charge is 0.379 e. The first-order valence-corrected chi connectivity index (χ1v) is 10.8. The first kappa shape index (κ1) is 20.5. The van der Waals surface area contributed by atoms with Gasteiger partial charge < -0.3 is 9.64 Å². The van der Waals surface area contributed by atoms with Crippen LogP contribution in [0.1, 0.15) is 18.3 Å². The fourth-order valence-corrected chi connectivity index (χ4v) is 5.23. The van der Waals surface area contributed by atoms with Gasteiger partial charge in [0.1, 0.15) is 11.4 Å². The van der Waals surface area contributed by atoms with Crippen molar-refractivity contribution in [1.29, 1.82) is 0 Å². The Hall–Kier alpha value is -2.23. The highest BCUT2D eigenvalue weighted by Gasteiger charge is 2.32. The van der Waals surface area contributed by atoms with E-state index in [2.05, 4.69) is 5.10 Å². The molecule has 1 aliphatic heterocycles. The number of hydrogen-bond donors (Lipinski definition) is 0. The molecular formula is C19H26N4O4S. The van der Waals surface area contributed by atoms with Crippen LogP contribution < -0.4 is 4.90 Å². The van der Waals surface area contributed by atoms with Crippen LogP contribution in [-0.2, 0) is 26.1 Å². The van der Waals surface area contributed by atoms with Crippen molar-refractivity contribution in [3.05, 3.63) is 41.7 Å². The van der Waals surface area contributed by atoms with Gasteiger partial charge in [-0.15, -0.1) is 0 Å². The average molecular weight is 407 g/mol. The van der Waals surface area contributed by atoms with Crippen molar-refractivity contribution in [2.24, 2.45) is 0 Å². The zero-order valence-electron chi connectivity index (χ0n) is 16.5. The average Bonchev–Trinajstić information content (AvgIpc) is 2.97. The predicted octanol–water partition coefficient (Wildman–Crippen LogP) is 1.57. The van der Waals surface area contributed by atoms with Crippen LogP contribution in [0, 0.1) is 13.8 Å². The smallest absolute Gasteiger partial charge is 0.248 e. The van der Waals surface area contributed by atoms with Crippen molar-refractivity contribution < 1.29 is 17.9 Å². The number of rotatable bonds is 6. The molecule has 1 saturated heterocycles. The summed E-state index contributed by atoms with van der Waals surface area (Å²) in [6.45, 7) is 7.16. The summed E-state index contributed by atoms with van der Waals surface area (Å²) in [4.78, 5) is 14.7. The zero-order chi connectivity index (χ0) is 20.3. The van der Waals surface area contributed by atoms with E-state index in [1.54, 1.807) is 18.7 Å². The minimum atomic E-state index is -3.67. The van der Waals surface area contributed by atoms with Crippen molar-refractivity contribution >= 4 is 21.6 Å². The number of hydrogen-bond acceptors (Lipinski definition) is 5. The van der Waals surface area contributed by atoms with Crippen molar-refractivity contribution in [3.63, 3.8) is 0 Å². The molecule has 152 valence electrons. The van der Waals surface area contributed by atoms with E-state index in [0.717, 1.165) is 5.69 Å². The molecule has 3 rings (SSSR count). The van der Waals surface area contributed by atoms with Crippen LogP contribution >= 0.6 is 0 Å². The number of sulfonamides is 1. The molecule has 2 heterocycles. The third-order valence-electron chi connectivity index (χ3n) is 4.85. The van der Waals surface area contributed by atoms with Gasteiger partial charge in [0.05, 0.1) is 24.6 Å². The second kappa shape index (κ2) is 8.42. The lowest BCUT2D eigenvalue weighted by Crippen LogP contribution is -2.41. The van der Waals surface area contributed by atoms with Crippen LogP contribution in [0.4, 0.5) is 5.69 Å². The van der Waals surface area contributed by atoms with E-state index in [1.165, 1.54) is 8.99 Å². The number of aryl methyl sites for hydroxylation is 1. The Kier molecular flexibility index (Phi) is 6.17. The van der Waals surface area contributed by atoms with Crippen LogP contribution in [-0.4, -0.2) is 61.3 Å². The molecule has 2 aromatic rings. The van der Waals surface area contributed by atoms with E-state index in [1.807, 2.05) is 37.3 Å². The van der Waals surface area contributed by atoms with Crippen LogP contribution in [0.15, 0.2) is 35.2 Å². The Balaban J connectivity index is 1.86. The number of nitrogens with zero attached hydrogens (tertiary/aromatic N) is 4. The van der Waals surface area contributed by atoms with Gasteiger partial charge in [-0.2, -0.15) is 9.40 Å². The molecule has 1 aliphatic rings. The number of ether oxygens (including phenoxy) is 1. The lowest BCUT2D eigenvalue weighted by atomic mass is 10.3. The quantitative estimate of drug-likeness (QED) is 0.727. The maximum Gasteiger partial charge on any atom is 0.248 e. The second-order valence-electron chi connectivity index (χ2n) is 6.65. The number of carbonyl (C=O) groups is 1. The summed E-state index contributed by atoms with van der Waals surface area (Å²) in [5, 5.41) is 4.35. The van der Waals surface area contributed by atoms with Gasteiger partial charge in [-0.1, -0.05) is 18.2 Å². The molecule has 0 unspecified atom stereocenters. The maximum atomic E-state index is 13.1. The fraction of sp³-hybridized carbons (Fsp3) is 0.474. The second-order valence-corrected chi connectivity index (χ2v) is 8.52. The number of likely N-dealkylation sites (N-methyl/N-ethyl adjacent to an activating group) is 1. The standard InChI is InChI=1S/C19H26N4O4S/c1-4-22(17-8-6-5-7-9-17)18(24)14-23-16(3)19(15(2)20-23)28(25,26)21-10-12-27-13-11-21/h5-9H,4,10-14H2,1-3H3. The summed E-state index contributed by atoms with van der Waals surface area (Å²) in [7, 11) is -3.67. The molecule has 9 heteroatoms. The molecule has 0 spiro atoms. The van der Waals surface area contributed by atoms with Crippen molar-refractivity contribution in [1.82, 2.24) is 14.1 Å². The Morgan fingerprint density at radius 1 is 1.18 bits per heavy atom. The molecule has 1 aromatic heterocycles. The van der Waals surface area contributed by atoms with Crippen molar-refractivity contribution in [3.8, 4) is 0 Å². The van der Waals surface area contributed by atoms with Crippen LogP contribution in [0.3, 0.4) is 0 Å². The van der Waals surface area contributed by atoms with Gasteiger partial charge in [-0.05, 0) is 32.9 Å². The molecule has 0 N–H and O–H groups in total. The van der Waals surface area contributed by atoms with Crippen molar-refractivity contribution in [2.45, 2.75) is 32.2 Å². The molecule has 0 saturated carbocycles.